The molecule has 0 bridgehead atoms. The standard InChI is InChI=1S/C16H24ClN3O/c1-11(2)19-9-12-5-4-8-20(10-12)14-7-3-6-13(17)15(14)16(18)21/h3,6-7,11-12,19H,4-5,8-10H2,1-2H3,(H2,18,21). The summed E-state index contributed by atoms with van der Waals surface area (Å²) in [5, 5.41) is 3.92. The number of benzene rings is 1. The van der Waals surface area contributed by atoms with Crippen LogP contribution >= 0.6 is 11.6 Å². The van der Waals surface area contributed by atoms with Gasteiger partial charge in [0.1, 0.15) is 0 Å². The molecule has 1 atom stereocenters. The minimum atomic E-state index is -0.460. The molecule has 1 heterocycles. The molecular formula is C16H24ClN3O. The van der Waals surface area contributed by atoms with Crippen molar-refractivity contribution in [3.05, 3.63) is 28.8 Å². The lowest BCUT2D eigenvalue weighted by Gasteiger charge is -2.35. The number of anilines is 1. The van der Waals surface area contributed by atoms with Crippen molar-refractivity contribution in [1.29, 1.82) is 0 Å². The van der Waals surface area contributed by atoms with Crippen molar-refractivity contribution in [2.45, 2.75) is 32.7 Å². The van der Waals surface area contributed by atoms with Crippen LogP contribution in [0.2, 0.25) is 5.02 Å². The number of nitrogens with one attached hydrogen (secondary N) is 1. The van der Waals surface area contributed by atoms with Crippen LogP contribution in [0, 0.1) is 5.92 Å². The first-order valence-corrected chi connectivity index (χ1v) is 7.93. The second-order valence-electron chi connectivity index (χ2n) is 6.02. The molecule has 0 radical (unpaired) electrons. The van der Waals surface area contributed by atoms with Crippen LogP contribution in [-0.4, -0.2) is 31.6 Å². The highest BCUT2D eigenvalue weighted by molar-refractivity contribution is 6.34. The minimum absolute atomic E-state index is 0.433. The molecule has 5 heteroatoms. The Balaban J connectivity index is 2.14. The number of carbonyl (C=O) groups excluding carboxylic acids is 1. The van der Waals surface area contributed by atoms with Crippen LogP contribution in [0.3, 0.4) is 0 Å². The van der Waals surface area contributed by atoms with Crippen molar-refractivity contribution in [2.24, 2.45) is 11.7 Å². The van der Waals surface area contributed by atoms with E-state index in [0.717, 1.165) is 31.7 Å². The quantitative estimate of drug-likeness (QED) is 0.879. The van der Waals surface area contributed by atoms with E-state index < -0.39 is 5.91 Å². The summed E-state index contributed by atoms with van der Waals surface area (Å²) in [5.74, 6) is 0.124. The molecule has 4 nitrogen and oxygen atoms in total. The molecular weight excluding hydrogens is 286 g/mol. The van der Waals surface area contributed by atoms with Gasteiger partial charge in [-0.25, -0.2) is 0 Å². The van der Waals surface area contributed by atoms with Gasteiger partial charge >= 0.3 is 0 Å². The zero-order chi connectivity index (χ0) is 15.4. The smallest absolute Gasteiger partial charge is 0.252 e. The van der Waals surface area contributed by atoms with Gasteiger partial charge in [0, 0.05) is 19.1 Å². The van der Waals surface area contributed by atoms with Crippen LogP contribution in [0.5, 0.6) is 0 Å². The molecule has 1 fully saturated rings. The van der Waals surface area contributed by atoms with Crippen molar-refractivity contribution < 1.29 is 4.79 Å². The van der Waals surface area contributed by atoms with E-state index in [4.69, 9.17) is 17.3 Å². The van der Waals surface area contributed by atoms with Gasteiger partial charge in [0.2, 0.25) is 0 Å². The van der Waals surface area contributed by atoms with Crippen LogP contribution in [-0.2, 0) is 0 Å². The number of rotatable bonds is 5. The zero-order valence-corrected chi connectivity index (χ0v) is 13.5. The van der Waals surface area contributed by atoms with Crippen molar-refractivity contribution >= 4 is 23.2 Å². The van der Waals surface area contributed by atoms with Crippen LogP contribution in [0.4, 0.5) is 5.69 Å². The highest BCUT2D eigenvalue weighted by atomic mass is 35.5. The van der Waals surface area contributed by atoms with Crippen LogP contribution in [0.15, 0.2) is 18.2 Å². The molecule has 0 saturated carbocycles. The SMILES string of the molecule is CC(C)NCC1CCCN(c2cccc(Cl)c2C(N)=O)C1. The van der Waals surface area contributed by atoms with E-state index in [-0.39, 0.29) is 0 Å². The predicted molar refractivity (Wildman–Crippen MR) is 88.0 cm³/mol. The summed E-state index contributed by atoms with van der Waals surface area (Å²) in [6, 6.07) is 6.02. The van der Waals surface area contributed by atoms with E-state index in [1.807, 2.05) is 12.1 Å². The summed E-state index contributed by atoms with van der Waals surface area (Å²) in [7, 11) is 0. The highest BCUT2D eigenvalue weighted by Gasteiger charge is 2.24. The third-order valence-corrected chi connectivity index (χ3v) is 4.23. The van der Waals surface area contributed by atoms with Gasteiger partial charge in [-0.3, -0.25) is 4.79 Å². The van der Waals surface area contributed by atoms with Crippen molar-refractivity contribution in [3.63, 3.8) is 0 Å². The van der Waals surface area contributed by atoms with Gasteiger partial charge < -0.3 is 16.0 Å². The van der Waals surface area contributed by atoms with E-state index in [1.54, 1.807) is 6.07 Å². The fourth-order valence-electron chi connectivity index (χ4n) is 2.87. The Hall–Kier alpha value is -1.26. The maximum atomic E-state index is 11.7. The lowest BCUT2D eigenvalue weighted by molar-refractivity contribution is 0.100. The molecule has 1 aromatic rings. The Morgan fingerprint density at radius 3 is 2.95 bits per heavy atom. The van der Waals surface area contributed by atoms with E-state index in [1.165, 1.54) is 6.42 Å². The lowest BCUT2D eigenvalue weighted by Crippen LogP contribution is -2.41. The molecule has 0 aromatic heterocycles. The summed E-state index contributed by atoms with van der Waals surface area (Å²) in [5.41, 5.74) is 6.80. The second kappa shape index (κ2) is 7.14. The number of nitrogens with two attached hydrogens (primary N) is 1. The summed E-state index contributed by atoms with van der Waals surface area (Å²) >= 11 is 6.14. The molecule has 1 aliphatic heterocycles. The minimum Gasteiger partial charge on any atom is -0.371 e. The topological polar surface area (TPSA) is 58.4 Å². The molecule has 1 aliphatic rings. The number of primary amides is 1. The highest BCUT2D eigenvalue weighted by Crippen LogP contribution is 2.30. The van der Waals surface area contributed by atoms with Gasteiger partial charge in [-0.1, -0.05) is 31.5 Å². The molecule has 1 saturated heterocycles. The van der Waals surface area contributed by atoms with Crippen molar-refractivity contribution in [3.8, 4) is 0 Å². The predicted octanol–water partition coefficient (Wildman–Crippen LogP) is 2.65. The zero-order valence-electron chi connectivity index (χ0n) is 12.7. The number of amides is 1. The fourth-order valence-corrected chi connectivity index (χ4v) is 3.14. The average Bonchev–Trinajstić information content (AvgIpc) is 2.44. The second-order valence-corrected chi connectivity index (χ2v) is 6.42. The number of piperidine rings is 1. The maximum Gasteiger partial charge on any atom is 0.252 e. The first-order chi connectivity index (χ1) is 9.99. The number of carbonyl (C=O) groups is 1. The molecule has 0 aliphatic carbocycles. The normalized spacial score (nSPS) is 19.0. The summed E-state index contributed by atoms with van der Waals surface area (Å²) in [6.07, 6.45) is 2.33. The Morgan fingerprint density at radius 1 is 1.52 bits per heavy atom. The Morgan fingerprint density at radius 2 is 2.29 bits per heavy atom. The van der Waals surface area contributed by atoms with Crippen LogP contribution in [0.1, 0.15) is 37.0 Å². The van der Waals surface area contributed by atoms with Gasteiger partial charge in [0.25, 0.3) is 5.91 Å². The van der Waals surface area contributed by atoms with E-state index in [0.29, 0.717) is 22.5 Å². The summed E-state index contributed by atoms with van der Waals surface area (Å²) in [6.45, 7) is 7.19. The van der Waals surface area contributed by atoms with Gasteiger partial charge in [-0.05, 0) is 37.4 Å². The number of hydrogen-bond donors (Lipinski definition) is 2. The largest absolute Gasteiger partial charge is 0.371 e. The summed E-state index contributed by atoms with van der Waals surface area (Å²) < 4.78 is 0. The third kappa shape index (κ3) is 4.11. The molecule has 1 unspecified atom stereocenters. The Bertz CT molecular complexity index is 504. The van der Waals surface area contributed by atoms with E-state index in [2.05, 4.69) is 24.1 Å². The average molecular weight is 310 g/mol. The first-order valence-electron chi connectivity index (χ1n) is 7.55. The summed E-state index contributed by atoms with van der Waals surface area (Å²) in [4.78, 5) is 13.9. The lowest BCUT2D eigenvalue weighted by atomic mass is 9.96. The molecule has 1 aromatic carbocycles. The number of hydrogen-bond acceptors (Lipinski definition) is 3. The van der Waals surface area contributed by atoms with Crippen LogP contribution < -0.4 is 16.0 Å². The van der Waals surface area contributed by atoms with Crippen molar-refractivity contribution in [2.75, 3.05) is 24.5 Å². The number of nitrogens with zero attached hydrogens (tertiary/aromatic N) is 1. The molecule has 2 rings (SSSR count). The van der Waals surface area contributed by atoms with Gasteiger partial charge in [-0.15, -0.1) is 0 Å². The van der Waals surface area contributed by atoms with Gasteiger partial charge in [0.05, 0.1) is 16.3 Å². The maximum absolute atomic E-state index is 11.7. The number of halogens is 1. The molecule has 3 N–H and O–H groups in total. The van der Waals surface area contributed by atoms with Crippen LogP contribution in [0.25, 0.3) is 0 Å². The Kier molecular flexibility index (Phi) is 5.48. The molecule has 0 spiro atoms. The first kappa shape index (κ1) is 16.1. The molecule has 21 heavy (non-hydrogen) atoms. The van der Waals surface area contributed by atoms with Crippen molar-refractivity contribution in [1.82, 2.24) is 5.32 Å². The van der Waals surface area contributed by atoms with Gasteiger partial charge in [0.15, 0.2) is 0 Å². The molecule has 1 amide bonds. The molecule has 116 valence electrons. The third-order valence-electron chi connectivity index (χ3n) is 3.91. The fraction of sp³-hybridized carbons (Fsp3) is 0.562. The Labute approximate surface area is 131 Å². The van der Waals surface area contributed by atoms with E-state index in [9.17, 15) is 4.79 Å². The van der Waals surface area contributed by atoms with E-state index >= 15 is 0 Å². The monoisotopic (exact) mass is 309 g/mol. The van der Waals surface area contributed by atoms with Gasteiger partial charge in [-0.2, -0.15) is 0 Å².